The molecule has 0 spiro atoms. The molecule has 0 aliphatic carbocycles. The Morgan fingerprint density at radius 1 is 1.67 bits per heavy atom. The highest BCUT2D eigenvalue weighted by molar-refractivity contribution is 5.93. The van der Waals surface area contributed by atoms with Gasteiger partial charge in [0, 0.05) is 0 Å². The van der Waals surface area contributed by atoms with Crippen LogP contribution in [-0.4, -0.2) is 24.2 Å². The van der Waals surface area contributed by atoms with Crippen molar-refractivity contribution in [3.63, 3.8) is 0 Å². The van der Waals surface area contributed by atoms with Gasteiger partial charge < -0.3 is 9.84 Å². The average Bonchev–Trinajstić information content (AvgIpc) is 2.04. The van der Waals surface area contributed by atoms with Gasteiger partial charge in [0.25, 0.3) is 0 Å². The molecule has 0 aromatic rings. The molecule has 0 rings (SSSR count). The van der Waals surface area contributed by atoms with Gasteiger partial charge in [-0.1, -0.05) is 6.08 Å². The van der Waals surface area contributed by atoms with Gasteiger partial charge in [0.2, 0.25) is 0 Å². The quantitative estimate of drug-likeness (QED) is 0.379. The number of aliphatic carboxylic acids is 1. The van der Waals surface area contributed by atoms with Gasteiger partial charge in [-0.05, 0) is 12.8 Å². The lowest BCUT2D eigenvalue weighted by Gasteiger charge is -2.07. The predicted molar refractivity (Wildman–Crippen MR) is 42.6 cm³/mol. The van der Waals surface area contributed by atoms with E-state index in [-0.39, 0.29) is 6.42 Å². The SMILES string of the molecule is C=CCCC(C(=O)O)C(=O)OC. The van der Waals surface area contributed by atoms with E-state index in [4.69, 9.17) is 5.11 Å². The van der Waals surface area contributed by atoms with Crippen molar-refractivity contribution < 1.29 is 19.4 Å². The van der Waals surface area contributed by atoms with Crippen molar-refractivity contribution in [1.29, 1.82) is 0 Å². The summed E-state index contributed by atoms with van der Waals surface area (Å²) in [7, 11) is 1.17. The van der Waals surface area contributed by atoms with Crippen molar-refractivity contribution >= 4 is 11.9 Å². The molecule has 0 aromatic heterocycles. The van der Waals surface area contributed by atoms with E-state index in [0.29, 0.717) is 6.42 Å². The van der Waals surface area contributed by atoms with Crippen molar-refractivity contribution in [1.82, 2.24) is 0 Å². The summed E-state index contributed by atoms with van der Waals surface area (Å²) in [5.74, 6) is -2.92. The van der Waals surface area contributed by atoms with Crippen LogP contribution in [-0.2, 0) is 14.3 Å². The van der Waals surface area contributed by atoms with Crippen LogP contribution in [0.2, 0.25) is 0 Å². The maximum atomic E-state index is 10.8. The number of allylic oxidation sites excluding steroid dienone is 1. The number of methoxy groups -OCH3 is 1. The lowest BCUT2D eigenvalue weighted by atomic mass is 10.0. The first-order chi connectivity index (χ1) is 5.63. The molecule has 12 heavy (non-hydrogen) atoms. The monoisotopic (exact) mass is 172 g/mol. The first-order valence-corrected chi connectivity index (χ1v) is 3.55. The number of ether oxygens (including phenoxy) is 1. The minimum absolute atomic E-state index is 0.242. The molecule has 0 radical (unpaired) electrons. The van der Waals surface area contributed by atoms with Crippen LogP contribution in [0.3, 0.4) is 0 Å². The highest BCUT2D eigenvalue weighted by Gasteiger charge is 2.25. The van der Waals surface area contributed by atoms with E-state index in [1.807, 2.05) is 0 Å². The number of hydrogen-bond acceptors (Lipinski definition) is 3. The summed E-state index contributed by atoms with van der Waals surface area (Å²) >= 11 is 0. The van der Waals surface area contributed by atoms with Crippen LogP contribution in [0.25, 0.3) is 0 Å². The zero-order valence-corrected chi connectivity index (χ0v) is 6.95. The standard InChI is InChI=1S/C8H12O4/c1-3-4-5-6(7(9)10)8(11)12-2/h3,6H,1,4-5H2,2H3,(H,9,10). The smallest absolute Gasteiger partial charge is 0.320 e. The summed E-state index contributed by atoms with van der Waals surface area (Å²) in [6.07, 6.45) is 2.30. The number of carbonyl (C=O) groups is 2. The van der Waals surface area contributed by atoms with Crippen molar-refractivity contribution in [2.24, 2.45) is 5.92 Å². The maximum absolute atomic E-state index is 10.8. The van der Waals surface area contributed by atoms with Crippen molar-refractivity contribution in [3.8, 4) is 0 Å². The number of carbonyl (C=O) groups excluding carboxylic acids is 1. The minimum atomic E-state index is -1.15. The summed E-state index contributed by atoms with van der Waals surface area (Å²) in [5, 5.41) is 8.57. The summed E-state index contributed by atoms with van der Waals surface area (Å²) in [6.45, 7) is 3.43. The summed E-state index contributed by atoms with van der Waals surface area (Å²) < 4.78 is 4.32. The minimum Gasteiger partial charge on any atom is -0.481 e. The fourth-order valence-corrected chi connectivity index (χ4v) is 0.769. The molecule has 4 heteroatoms. The van der Waals surface area contributed by atoms with Crippen LogP contribution in [0.15, 0.2) is 12.7 Å². The van der Waals surface area contributed by atoms with Gasteiger partial charge in [0.15, 0.2) is 5.92 Å². The van der Waals surface area contributed by atoms with Gasteiger partial charge in [-0.25, -0.2) is 0 Å². The molecule has 1 unspecified atom stereocenters. The van der Waals surface area contributed by atoms with Gasteiger partial charge in [0.1, 0.15) is 0 Å². The third kappa shape index (κ3) is 3.18. The third-order valence-electron chi connectivity index (χ3n) is 1.44. The molecule has 0 bridgehead atoms. The Hall–Kier alpha value is -1.32. The van der Waals surface area contributed by atoms with Crippen LogP contribution in [0, 0.1) is 5.92 Å². The average molecular weight is 172 g/mol. The molecule has 0 aliphatic heterocycles. The van der Waals surface area contributed by atoms with Gasteiger partial charge in [-0.2, -0.15) is 0 Å². The van der Waals surface area contributed by atoms with E-state index in [9.17, 15) is 9.59 Å². The van der Waals surface area contributed by atoms with E-state index in [2.05, 4.69) is 11.3 Å². The van der Waals surface area contributed by atoms with Crippen LogP contribution >= 0.6 is 0 Å². The van der Waals surface area contributed by atoms with E-state index >= 15 is 0 Å². The number of rotatable bonds is 5. The summed E-state index contributed by atoms with van der Waals surface area (Å²) in [6, 6.07) is 0. The Morgan fingerprint density at radius 2 is 2.25 bits per heavy atom. The Labute approximate surface area is 70.8 Å². The number of esters is 1. The van der Waals surface area contributed by atoms with Crippen LogP contribution in [0.1, 0.15) is 12.8 Å². The molecule has 1 atom stereocenters. The Bertz CT molecular complexity index is 185. The van der Waals surface area contributed by atoms with E-state index in [1.165, 1.54) is 7.11 Å². The number of carboxylic acids is 1. The topological polar surface area (TPSA) is 63.6 Å². The fourth-order valence-electron chi connectivity index (χ4n) is 0.769. The summed E-state index contributed by atoms with van der Waals surface area (Å²) in [5.41, 5.74) is 0. The zero-order chi connectivity index (χ0) is 9.56. The lowest BCUT2D eigenvalue weighted by Crippen LogP contribution is -2.24. The third-order valence-corrected chi connectivity index (χ3v) is 1.44. The lowest BCUT2D eigenvalue weighted by molar-refractivity contribution is -0.156. The summed E-state index contributed by atoms with van der Waals surface area (Å²) in [4.78, 5) is 21.3. The zero-order valence-electron chi connectivity index (χ0n) is 6.95. The Kier molecular flexibility index (Phi) is 4.76. The molecule has 68 valence electrons. The van der Waals surface area contributed by atoms with E-state index in [0.717, 1.165) is 0 Å². The highest BCUT2D eigenvalue weighted by Crippen LogP contribution is 2.08. The Morgan fingerprint density at radius 3 is 2.58 bits per heavy atom. The number of hydrogen-bond donors (Lipinski definition) is 1. The second-order valence-electron chi connectivity index (χ2n) is 2.28. The van der Waals surface area contributed by atoms with Crippen molar-refractivity contribution in [2.75, 3.05) is 7.11 Å². The molecular formula is C8H12O4. The fraction of sp³-hybridized carbons (Fsp3) is 0.500. The maximum Gasteiger partial charge on any atom is 0.320 e. The van der Waals surface area contributed by atoms with Gasteiger partial charge >= 0.3 is 11.9 Å². The van der Waals surface area contributed by atoms with Gasteiger partial charge in [-0.3, -0.25) is 9.59 Å². The largest absolute Gasteiger partial charge is 0.481 e. The van der Waals surface area contributed by atoms with Crippen molar-refractivity contribution in [2.45, 2.75) is 12.8 Å². The van der Waals surface area contributed by atoms with Gasteiger partial charge in [0.05, 0.1) is 7.11 Å². The molecule has 0 saturated carbocycles. The van der Waals surface area contributed by atoms with Gasteiger partial charge in [-0.15, -0.1) is 6.58 Å². The van der Waals surface area contributed by atoms with Crippen LogP contribution in [0.4, 0.5) is 0 Å². The molecule has 0 heterocycles. The van der Waals surface area contributed by atoms with E-state index in [1.54, 1.807) is 6.08 Å². The van der Waals surface area contributed by atoms with Crippen LogP contribution < -0.4 is 0 Å². The molecule has 0 saturated heterocycles. The van der Waals surface area contributed by atoms with Crippen LogP contribution in [0.5, 0.6) is 0 Å². The first-order valence-electron chi connectivity index (χ1n) is 3.55. The second kappa shape index (κ2) is 5.35. The molecule has 0 amide bonds. The molecule has 4 nitrogen and oxygen atoms in total. The second-order valence-corrected chi connectivity index (χ2v) is 2.28. The molecule has 0 aliphatic rings. The Balaban J connectivity index is 4.12. The molecule has 0 fully saturated rings. The first kappa shape index (κ1) is 10.7. The molecule has 1 N–H and O–H groups in total. The molecular weight excluding hydrogens is 160 g/mol. The normalized spacial score (nSPS) is 11.8. The van der Waals surface area contributed by atoms with Crippen molar-refractivity contribution in [3.05, 3.63) is 12.7 Å². The molecule has 0 aromatic carbocycles. The predicted octanol–water partition coefficient (Wildman–Crippen LogP) is 0.826. The highest BCUT2D eigenvalue weighted by atomic mass is 16.5. The van der Waals surface area contributed by atoms with E-state index < -0.39 is 17.9 Å². The number of carboxylic acid groups (broad SMARTS) is 1.